The van der Waals surface area contributed by atoms with Crippen molar-refractivity contribution < 1.29 is 14.7 Å². The number of amides is 1. The van der Waals surface area contributed by atoms with Crippen LogP contribution >= 0.6 is 11.3 Å². The molecule has 21 heavy (non-hydrogen) atoms. The lowest BCUT2D eigenvalue weighted by molar-refractivity contribution is 0.0696. The highest BCUT2D eigenvalue weighted by Crippen LogP contribution is 2.17. The maximum Gasteiger partial charge on any atom is 0.335 e. The van der Waals surface area contributed by atoms with Crippen LogP contribution in [-0.2, 0) is 6.54 Å². The average Bonchev–Trinajstić information content (AvgIpc) is 2.73. The van der Waals surface area contributed by atoms with Gasteiger partial charge in [0.1, 0.15) is 0 Å². The lowest BCUT2D eigenvalue weighted by Crippen LogP contribution is -2.23. The molecule has 0 aliphatic rings. The number of carboxylic acid groups (broad SMARTS) is 1. The van der Waals surface area contributed by atoms with Gasteiger partial charge < -0.3 is 10.4 Å². The molecule has 0 fully saturated rings. The van der Waals surface area contributed by atoms with E-state index >= 15 is 0 Å². The highest BCUT2D eigenvalue weighted by Gasteiger charge is 2.12. The Morgan fingerprint density at radius 2 is 1.86 bits per heavy atom. The van der Waals surface area contributed by atoms with E-state index in [4.69, 9.17) is 5.11 Å². The second-order valence-corrected chi connectivity index (χ2v) is 6.10. The Morgan fingerprint density at radius 3 is 2.43 bits per heavy atom. The van der Waals surface area contributed by atoms with Gasteiger partial charge in [-0.2, -0.15) is 0 Å². The molecule has 5 nitrogen and oxygen atoms in total. The standard InChI is InChI=1S/C15H16N2O3S/c1-8-4-11(6-12(5-8)15(19)20)14(18)16-7-13-9(2)17-10(3)21-13/h4-6H,7H2,1-3H3,(H,16,18)(H,19,20). The highest BCUT2D eigenvalue weighted by atomic mass is 32.1. The van der Waals surface area contributed by atoms with Gasteiger partial charge in [0.25, 0.3) is 5.91 Å². The van der Waals surface area contributed by atoms with Gasteiger partial charge in [-0.1, -0.05) is 0 Å². The maximum absolute atomic E-state index is 12.1. The number of hydrogen-bond donors (Lipinski definition) is 2. The number of aromatic carboxylic acids is 1. The summed E-state index contributed by atoms with van der Waals surface area (Å²) in [4.78, 5) is 28.5. The van der Waals surface area contributed by atoms with Crippen molar-refractivity contribution in [2.75, 3.05) is 0 Å². The minimum absolute atomic E-state index is 0.116. The van der Waals surface area contributed by atoms with Crippen molar-refractivity contribution in [2.45, 2.75) is 27.3 Å². The first-order valence-corrected chi connectivity index (χ1v) is 7.24. The molecule has 0 saturated heterocycles. The van der Waals surface area contributed by atoms with Crippen molar-refractivity contribution in [2.24, 2.45) is 0 Å². The summed E-state index contributed by atoms with van der Waals surface area (Å²) in [6.45, 7) is 5.98. The molecule has 110 valence electrons. The third-order valence-corrected chi connectivity index (χ3v) is 4.07. The Labute approximate surface area is 126 Å². The fourth-order valence-corrected chi connectivity index (χ4v) is 2.91. The Bertz CT molecular complexity index is 707. The molecular formula is C15H16N2O3S. The van der Waals surface area contributed by atoms with Gasteiger partial charge in [-0.25, -0.2) is 9.78 Å². The number of carboxylic acids is 1. The quantitative estimate of drug-likeness (QED) is 0.910. The third kappa shape index (κ3) is 3.66. The van der Waals surface area contributed by atoms with Crippen LogP contribution in [0, 0.1) is 20.8 Å². The van der Waals surface area contributed by atoms with Crippen LogP contribution in [0.25, 0.3) is 0 Å². The molecule has 0 aliphatic heterocycles. The van der Waals surface area contributed by atoms with Gasteiger partial charge >= 0.3 is 5.97 Å². The Balaban J connectivity index is 2.13. The predicted octanol–water partition coefficient (Wildman–Crippen LogP) is 2.70. The van der Waals surface area contributed by atoms with Crippen LogP contribution in [0.4, 0.5) is 0 Å². The zero-order valence-electron chi connectivity index (χ0n) is 12.1. The number of nitrogens with zero attached hydrogens (tertiary/aromatic N) is 1. The zero-order valence-corrected chi connectivity index (χ0v) is 12.9. The molecule has 1 heterocycles. The lowest BCUT2D eigenvalue weighted by atomic mass is 10.1. The van der Waals surface area contributed by atoms with Crippen molar-refractivity contribution >= 4 is 23.2 Å². The van der Waals surface area contributed by atoms with E-state index in [9.17, 15) is 9.59 Å². The average molecular weight is 304 g/mol. The van der Waals surface area contributed by atoms with Crippen LogP contribution in [0.1, 0.15) is 41.9 Å². The molecule has 2 N–H and O–H groups in total. The fraction of sp³-hybridized carbons (Fsp3) is 0.267. The number of rotatable bonds is 4. The summed E-state index contributed by atoms with van der Waals surface area (Å²) in [6, 6.07) is 4.60. The van der Waals surface area contributed by atoms with E-state index in [0.717, 1.165) is 21.1 Å². The third-order valence-electron chi connectivity index (χ3n) is 3.00. The Hall–Kier alpha value is -2.21. The molecule has 1 aromatic carbocycles. The number of nitrogens with one attached hydrogen (secondary N) is 1. The van der Waals surface area contributed by atoms with Crippen LogP contribution in [0.3, 0.4) is 0 Å². The minimum Gasteiger partial charge on any atom is -0.478 e. The number of carbonyl (C=O) groups is 2. The number of aromatic nitrogens is 1. The number of hydrogen-bond acceptors (Lipinski definition) is 4. The van der Waals surface area contributed by atoms with Crippen molar-refractivity contribution in [3.8, 4) is 0 Å². The lowest BCUT2D eigenvalue weighted by Gasteiger charge is -2.06. The summed E-state index contributed by atoms with van der Waals surface area (Å²) in [5, 5.41) is 12.8. The van der Waals surface area contributed by atoms with Gasteiger partial charge in [0.2, 0.25) is 0 Å². The molecule has 1 amide bonds. The Morgan fingerprint density at radius 1 is 1.19 bits per heavy atom. The van der Waals surface area contributed by atoms with Gasteiger partial charge in [-0.05, 0) is 44.5 Å². The van der Waals surface area contributed by atoms with Gasteiger partial charge in [-0.15, -0.1) is 11.3 Å². The molecule has 0 unspecified atom stereocenters. The van der Waals surface area contributed by atoms with Gasteiger partial charge in [0.05, 0.1) is 22.8 Å². The summed E-state index contributed by atoms with van der Waals surface area (Å²) in [5.74, 6) is -1.33. The first kappa shape index (κ1) is 15.2. The second kappa shape index (κ2) is 6.05. The summed E-state index contributed by atoms with van der Waals surface area (Å²) >= 11 is 1.54. The molecule has 0 aliphatic carbocycles. The number of carbonyl (C=O) groups excluding carboxylic acids is 1. The molecule has 0 spiro atoms. The molecule has 2 rings (SSSR count). The molecule has 0 bridgehead atoms. The summed E-state index contributed by atoms with van der Waals surface area (Å²) in [6.07, 6.45) is 0. The largest absolute Gasteiger partial charge is 0.478 e. The number of aryl methyl sites for hydroxylation is 3. The van der Waals surface area contributed by atoms with Gasteiger partial charge in [0, 0.05) is 10.4 Å². The topological polar surface area (TPSA) is 79.3 Å². The Kier molecular flexibility index (Phi) is 4.37. The highest BCUT2D eigenvalue weighted by molar-refractivity contribution is 7.11. The molecule has 6 heteroatoms. The smallest absolute Gasteiger partial charge is 0.335 e. The van der Waals surface area contributed by atoms with Crippen LogP contribution < -0.4 is 5.32 Å². The molecule has 0 radical (unpaired) electrons. The molecule has 0 atom stereocenters. The van der Waals surface area contributed by atoms with Crippen molar-refractivity contribution in [3.05, 3.63) is 50.5 Å². The first-order valence-electron chi connectivity index (χ1n) is 6.43. The predicted molar refractivity (Wildman–Crippen MR) is 80.9 cm³/mol. The van der Waals surface area contributed by atoms with Crippen LogP contribution in [0.5, 0.6) is 0 Å². The van der Waals surface area contributed by atoms with Crippen LogP contribution in [0.2, 0.25) is 0 Å². The van der Waals surface area contributed by atoms with Crippen molar-refractivity contribution in [1.82, 2.24) is 10.3 Å². The van der Waals surface area contributed by atoms with Crippen molar-refractivity contribution in [1.29, 1.82) is 0 Å². The van der Waals surface area contributed by atoms with E-state index in [2.05, 4.69) is 10.3 Å². The van der Waals surface area contributed by atoms with E-state index in [1.54, 1.807) is 24.3 Å². The molecule has 1 aromatic heterocycles. The number of benzene rings is 1. The molecule has 0 saturated carbocycles. The minimum atomic E-state index is -1.04. The number of thiazole rings is 1. The van der Waals surface area contributed by atoms with E-state index in [1.165, 1.54) is 12.1 Å². The normalized spacial score (nSPS) is 10.4. The summed E-state index contributed by atoms with van der Waals surface area (Å²) in [5.41, 5.74) is 2.12. The maximum atomic E-state index is 12.1. The second-order valence-electron chi connectivity index (χ2n) is 4.82. The van der Waals surface area contributed by atoms with E-state index in [-0.39, 0.29) is 11.5 Å². The van der Waals surface area contributed by atoms with Crippen molar-refractivity contribution in [3.63, 3.8) is 0 Å². The molecule has 2 aromatic rings. The SMILES string of the molecule is Cc1cc(C(=O)O)cc(C(=O)NCc2sc(C)nc2C)c1. The van der Waals surface area contributed by atoms with E-state index in [1.807, 2.05) is 13.8 Å². The summed E-state index contributed by atoms with van der Waals surface area (Å²) in [7, 11) is 0. The van der Waals surface area contributed by atoms with Gasteiger partial charge in [0.15, 0.2) is 0 Å². The van der Waals surface area contributed by atoms with E-state index in [0.29, 0.717) is 12.1 Å². The molecular weight excluding hydrogens is 288 g/mol. The van der Waals surface area contributed by atoms with E-state index < -0.39 is 5.97 Å². The summed E-state index contributed by atoms with van der Waals surface area (Å²) < 4.78 is 0. The fourth-order valence-electron chi connectivity index (χ4n) is 2.04. The first-order chi connectivity index (χ1) is 9.86. The van der Waals surface area contributed by atoms with Crippen LogP contribution in [-0.4, -0.2) is 22.0 Å². The zero-order chi connectivity index (χ0) is 15.6. The van der Waals surface area contributed by atoms with Gasteiger partial charge in [-0.3, -0.25) is 4.79 Å². The van der Waals surface area contributed by atoms with Crippen LogP contribution in [0.15, 0.2) is 18.2 Å². The monoisotopic (exact) mass is 304 g/mol.